The van der Waals surface area contributed by atoms with Crippen LogP contribution >= 0.6 is 0 Å². The molecule has 0 N–H and O–H groups in total. The van der Waals surface area contributed by atoms with Crippen molar-refractivity contribution in [3.8, 4) is 0 Å². The third-order valence-corrected chi connectivity index (χ3v) is 2.34. The van der Waals surface area contributed by atoms with Crippen LogP contribution < -0.4 is 5.43 Å². The van der Waals surface area contributed by atoms with Crippen molar-refractivity contribution in [2.24, 2.45) is 0 Å². The number of carbonyl (C=O) groups is 2. The van der Waals surface area contributed by atoms with Gasteiger partial charge in [0.1, 0.15) is 0 Å². The van der Waals surface area contributed by atoms with E-state index in [2.05, 4.69) is 6.58 Å². The van der Waals surface area contributed by atoms with E-state index in [9.17, 15) is 14.4 Å². The van der Waals surface area contributed by atoms with Crippen molar-refractivity contribution in [3.05, 3.63) is 58.3 Å². The van der Waals surface area contributed by atoms with Gasteiger partial charge in [-0.3, -0.25) is 14.4 Å². The minimum atomic E-state index is -0.855. The monoisotopic (exact) mass is 246 g/mol. The van der Waals surface area contributed by atoms with Crippen molar-refractivity contribution in [1.29, 1.82) is 0 Å². The Bertz CT molecular complexity index is 545. The van der Waals surface area contributed by atoms with Crippen LogP contribution in [-0.2, 0) is 14.3 Å². The molecule has 0 aromatic heterocycles. The molecule has 0 aliphatic carbocycles. The zero-order valence-electron chi connectivity index (χ0n) is 10.3. The number of rotatable bonds is 4. The molecule has 1 atom stereocenters. The summed E-state index contributed by atoms with van der Waals surface area (Å²) in [5, 5.41) is 0. The molecule has 0 aliphatic rings. The Balaban J connectivity index is 3.21. The molecule has 0 spiro atoms. The van der Waals surface area contributed by atoms with Crippen molar-refractivity contribution in [1.82, 2.24) is 0 Å². The van der Waals surface area contributed by atoms with Gasteiger partial charge in [-0.05, 0) is 24.6 Å². The fraction of sp³-hybridized carbons (Fsp3) is 0.214. The van der Waals surface area contributed by atoms with Crippen LogP contribution in [0.4, 0.5) is 0 Å². The van der Waals surface area contributed by atoms with E-state index >= 15 is 0 Å². The number of carbonyl (C=O) groups excluding carboxylic acids is 2. The van der Waals surface area contributed by atoms with Crippen LogP contribution in [-0.4, -0.2) is 11.8 Å². The molecule has 0 fully saturated rings. The van der Waals surface area contributed by atoms with Gasteiger partial charge in [0, 0.05) is 12.5 Å². The summed E-state index contributed by atoms with van der Waals surface area (Å²) in [6.07, 6.45) is -0.855. The number of esters is 1. The van der Waals surface area contributed by atoms with E-state index in [1.54, 1.807) is 12.1 Å². The van der Waals surface area contributed by atoms with Crippen LogP contribution in [0.1, 0.15) is 25.5 Å². The van der Waals surface area contributed by atoms with Gasteiger partial charge in [-0.25, -0.2) is 0 Å². The fourth-order valence-corrected chi connectivity index (χ4v) is 1.41. The standard InChI is InChI=1S/C14H14O4/c1-9(10(2)15)14(18-11(3)16)12-5-4-6-13(17)8-7-12/h4-8,14H,1H2,2-3H3. The maximum absolute atomic E-state index is 11.3. The Morgan fingerprint density at radius 1 is 1.17 bits per heavy atom. The van der Waals surface area contributed by atoms with Gasteiger partial charge in [0.05, 0.1) is 0 Å². The van der Waals surface area contributed by atoms with Crippen LogP contribution in [0.5, 0.6) is 0 Å². The van der Waals surface area contributed by atoms with Crippen molar-refractivity contribution < 1.29 is 14.3 Å². The molecule has 0 heterocycles. The van der Waals surface area contributed by atoms with E-state index in [0.29, 0.717) is 5.56 Å². The summed E-state index contributed by atoms with van der Waals surface area (Å²) in [5.74, 6) is -0.786. The van der Waals surface area contributed by atoms with Crippen molar-refractivity contribution in [2.75, 3.05) is 0 Å². The van der Waals surface area contributed by atoms with E-state index < -0.39 is 12.1 Å². The molecule has 0 radical (unpaired) electrons. The van der Waals surface area contributed by atoms with E-state index in [1.807, 2.05) is 0 Å². The minimum absolute atomic E-state index is 0.170. The summed E-state index contributed by atoms with van der Waals surface area (Å²) in [6, 6.07) is 7.40. The van der Waals surface area contributed by atoms with Crippen molar-refractivity contribution in [2.45, 2.75) is 20.0 Å². The number of Topliss-reactive ketones (excluding diaryl/α,β-unsaturated/α-hetero) is 1. The molecule has 0 amide bonds. The van der Waals surface area contributed by atoms with Gasteiger partial charge in [-0.15, -0.1) is 0 Å². The molecule has 1 aromatic rings. The molecule has 0 aliphatic heterocycles. The minimum Gasteiger partial charge on any atom is -0.453 e. The molecule has 1 aromatic carbocycles. The first kappa shape index (κ1) is 13.8. The predicted molar refractivity (Wildman–Crippen MR) is 67.0 cm³/mol. The van der Waals surface area contributed by atoms with Crippen LogP contribution in [0.15, 0.2) is 47.3 Å². The van der Waals surface area contributed by atoms with E-state index in [1.165, 1.54) is 32.0 Å². The highest BCUT2D eigenvalue weighted by molar-refractivity contribution is 5.94. The molecular weight excluding hydrogens is 232 g/mol. The van der Waals surface area contributed by atoms with Gasteiger partial charge < -0.3 is 4.74 Å². The molecule has 0 bridgehead atoms. The summed E-state index contributed by atoms with van der Waals surface area (Å²) in [4.78, 5) is 33.6. The Kier molecular flexibility index (Phi) is 4.54. The smallest absolute Gasteiger partial charge is 0.303 e. The largest absolute Gasteiger partial charge is 0.453 e. The normalized spacial score (nSPS) is 11.4. The van der Waals surface area contributed by atoms with Crippen LogP contribution in [0.25, 0.3) is 0 Å². The van der Waals surface area contributed by atoms with Crippen molar-refractivity contribution >= 4 is 11.8 Å². The molecule has 4 heteroatoms. The molecule has 94 valence electrons. The first-order chi connectivity index (χ1) is 8.41. The maximum atomic E-state index is 11.3. The lowest BCUT2D eigenvalue weighted by molar-refractivity contribution is -0.145. The summed E-state index contributed by atoms with van der Waals surface area (Å²) < 4.78 is 5.08. The molecule has 0 saturated heterocycles. The molecule has 1 rings (SSSR count). The summed E-state index contributed by atoms with van der Waals surface area (Å²) in [5.41, 5.74) is 0.535. The second-order valence-corrected chi connectivity index (χ2v) is 3.83. The lowest BCUT2D eigenvalue weighted by atomic mass is 10.0. The lowest BCUT2D eigenvalue weighted by Gasteiger charge is -2.17. The Labute approximate surface area is 105 Å². The van der Waals surface area contributed by atoms with Gasteiger partial charge in [0.2, 0.25) is 0 Å². The quantitative estimate of drug-likeness (QED) is 0.600. The highest BCUT2D eigenvalue weighted by Crippen LogP contribution is 2.24. The fourth-order valence-electron chi connectivity index (χ4n) is 1.41. The van der Waals surface area contributed by atoms with E-state index in [4.69, 9.17) is 4.74 Å². The summed E-state index contributed by atoms with van der Waals surface area (Å²) in [7, 11) is 0. The van der Waals surface area contributed by atoms with Crippen LogP contribution in [0.2, 0.25) is 0 Å². The second-order valence-electron chi connectivity index (χ2n) is 3.83. The average molecular weight is 246 g/mol. The lowest BCUT2D eigenvalue weighted by Crippen LogP contribution is -2.14. The highest BCUT2D eigenvalue weighted by atomic mass is 16.5. The van der Waals surface area contributed by atoms with E-state index in [0.717, 1.165) is 0 Å². The Morgan fingerprint density at radius 3 is 2.39 bits per heavy atom. The Hall–Kier alpha value is -2.23. The van der Waals surface area contributed by atoms with Gasteiger partial charge >= 0.3 is 5.97 Å². The molecule has 1 unspecified atom stereocenters. The SMILES string of the molecule is C=C(C(C)=O)C(OC(C)=O)c1cccc(=O)cc1. The predicted octanol–water partition coefficient (Wildman–Crippen LogP) is 1.80. The third kappa shape index (κ3) is 3.66. The van der Waals surface area contributed by atoms with Crippen LogP contribution in [0.3, 0.4) is 0 Å². The van der Waals surface area contributed by atoms with Crippen LogP contribution in [0, 0.1) is 0 Å². The van der Waals surface area contributed by atoms with E-state index in [-0.39, 0.29) is 16.8 Å². The first-order valence-corrected chi connectivity index (χ1v) is 5.39. The number of ether oxygens (including phenoxy) is 1. The zero-order chi connectivity index (χ0) is 13.7. The maximum Gasteiger partial charge on any atom is 0.303 e. The highest BCUT2D eigenvalue weighted by Gasteiger charge is 2.20. The van der Waals surface area contributed by atoms with Crippen molar-refractivity contribution in [3.63, 3.8) is 0 Å². The van der Waals surface area contributed by atoms with Gasteiger partial charge in [0.25, 0.3) is 0 Å². The number of ketones is 1. The van der Waals surface area contributed by atoms with Gasteiger partial charge in [-0.1, -0.05) is 24.8 Å². The first-order valence-electron chi connectivity index (χ1n) is 5.39. The summed E-state index contributed by atoms with van der Waals surface area (Å²) >= 11 is 0. The second kappa shape index (κ2) is 5.91. The topological polar surface area (TPSA) is 60.4 Å². The number of hydrogen-bond acceptors (Lipinski definition) is 4. The third-order valence-electron chi connectivity index (χ3n) is 2.34. The van der Waals surface area contributed by atoms with Gasteiger partial charge in [-0.2, -0.15) is 0 Å². The Morgan fingerprint density at radius 2 is 1.83 bits per heavy atom. The van der Waals surface area contributed by atoms with Gasteiger partial charge in [0.15, 0.2) is 17.3 Å². The summed E-state index contributed by atoms with van der Waals surface area (Å²) in [6.45, 7) is 6.22. The molecular formula is C14H14O4. The molecule has 4 nitrogen and oxygen atoms in total. The average Bonchev–Trinajstić information content (AvgIpc) is 2.49. The zero-order valence-corrected chi connectivity index (χ0v) is 10.3. The molecule has 18 heavy (non-hydrogen) atoms. The molecule has 0 saturated carbocycles. The number of hydrogen-bond donors (Lipinski definition) is 0.